The average Bonchev–Trinajstić information content (AvgIpc) is 3.02. The molecule has 0 radical (unpaired) electrons. The van der Waals surface area contributed by atoms with Crippen molar-refractivity contribution in [3.05, 3.63) is 131 Å². The summed E-state index contributed by atoms with van der Waals surface area (Å²) in [5, 5.41) is 5.84. The third-order valence-electron chi connectivity index (χ3n) is 7.55. The van der Waals surface area contributed by atoms with E-state index >= 15 is 0 Å². The molecule has 4 aromatic carbocycles. The largest absolute Gasteiger partial charge is 0.352 e. The number of carbonyl (C=O) groups is 2. The Morgan fingerprint density at radius 2 is 1.42 bits per heavy atom. The van der Waals surface area contributed by atoms with Gasteiger partial charge in [-0.15, -0.1) is 0 Å². The first-order valence-corrected chi connectivity index (χ1v) is 15.8. The molecule has 0 unspecified atom stereocenters. The molecule has 1 aliphatic heterocycles. The van der Waals surface area contributed by atoms with Crippen LogP contribution in [0.4, 0.5) is 5.69 Å². The maximum absolute atomic E-state index is 13.2. The fourth-order valence-electron chi connectivity index (χ4n) is 5.10. The lowest BCUT2D eigenvalue weighted by molar-refractivity contribution is 0.0955. The van der Waals surface area contributed by atoms with Crippen LogP contribution in [0.2, 0.25) is 0 Å². The summed E-state index contributed by atoms with van der Waals surface area (Å²) >= 11 is 0. The topological polar surface area (TPSA) is 98.8 Å². The van der Waals surface area contributed by atoms with Gasteiger partial charge in [0.25, 0.3) is 11.8 Å². The molecular weight excluding hydrogens is 560 g/mol. The molecule has 0 atom stereocenters. The summed E-state index contributed by atoms with van der Waals surface area (Å²) in [6, 6.07) is 31.2. The SMILES string of the molecule is Cc1ccc(S(=O)(=O)N2CCN(Cc3cccc(C(=O)Nc4ccccc4C(=O)NCCc4ccccc4)c3)CC2)cc1. The van der Waals surface area contributed by atoms with Gasteiger partial charge in [0.2, 0.25) is 10.0 Å². The predicted molar refractivity (Wildman–Crippen MR) is 169 cm³/mol. The zero-order valence-electron chi connectivity index (χ0n) is 24.2. The first kappa shape index (κ1) is 30.2. The van der Waals surface area contributed by atoms with Crippen LogP contribution in [-0.2, 0) is 23.0 Å². The number of aryl methyl sites for hydroxylation is 1. The van der Waals surface area contributed by atoms with E-state index in [0.29, 0.717) is 67.4 Å². The number of hydrogen-bond acceptors (Lipinski definition) is 5. The van der Waals surface area contributed by atoms with E-state index < -0.39 is 10.0 Å². The van der Waals surface area contributed by atoms with Gasteiger partial charge in [0, 0.05) is 44.8 Å². The second-order valence-corrected chi connectivity index (χ2v) is 12.6. The van der Waals surface area contributed by atoms with Crippen molar-refractivity contribution >= 4 is 27.5 Å². The minimum Gasteiger partial charge on any atom is -0.352 e. The molecule has 8 nitrogen and oxygen atoms in total. The fourth-order valence-corrected chi connectivity index (χ4v) is 6.52. The summed E-state index contributed by atoms with van der Waals surface area (Å²) in [5.41, 5.74) is 4.44. The van der Waals surface area contributed by atoms with Crippen LogP contribution in [0.25, 0.3) is 0 Å². The lowest BCUT2D eigenvalue weighted by Gasteiger charge is -2.34. The molecule has 0 saturated carbocycles. The van der Waals surface area contributed by atoms with E-state index in [1.165, 1.54) is 4.31 Å². The number of hydrogen-bond donors (Lipinski definition) is 2. The third kappa shape index (κ3) is 7.75. The summed E-state index contributed by atoms with van der Waals surface area (Å²) < 4.78 is 27.6. The van der Waals surface area contributed by atoms with E-state index in [0.717, 1.165) is 16.7 Å². The molecule has 5 rings (SSSR count). The first-order valence-electron chi connectivity index (χ1n) is 14.4. The van der Waals surface area contributed by atoms with E-state index in [-0.39, 0.29) is 11.8 Å². The van der Waals surface area contributed by atoms with Gasteiger partial charge in [-0.2, -0.15) is 4.31 Å². The fraction of sp³-hybridized carbons (Fsp3) is 0.235. The van der Waals surface area contributed by atoms with Gasteiger partial charge >= 0.3 is 0 Å². The van der Waals surface area contributed by atoms with Gasteiger partial charge in [-0.3, -0.25) is 14.5 Å². The molecule has 0 bridgehead atoms. The summed E-state index contributed by atoms with van der Waals surface area (Å²) in [4.78, 5) is 28.6. The van der Waals surface area contributed by atoms with E-state index in [9.17, 15) is 18.0 Å². The lowest BCUT2D eigenvalue weighted by Crippen LogP contribution is -2.48. The van der Waals surface area contributed by atoms with Crippen molar-refractivity contribution < 1.29 is 18.0 Å². The first-order chi connectivity index (χ1) is 20.8. The normalized spacial score (nSPS) is 14.3. The zero-order valence-corrected chi connectivity index (χ0v) is 25.0. The lowest BCUT2D eigenvalue weighted by atomic mass is 10.1. The van der Waals surface area contributed by atoms with Crippen LogP contribution in [0.1, 0.15) is 37.4 Å². The summed E-state index contributed by atoms with van der Waals surface area (Å²) in [6.07, 6.45) is 0.714. The monoisotopic (exact) mass is 596 g/mol. The Balaban J connectivity index is 1.16. The molecule has 2 amide bonds. The molecule has 1 fully saturated rings. The van der Waals surface area contributed by atoms with Crippen molar-refractivity contribution in [1.29, 1.82) is 0 Å². The second-order valence-electron chi connectivity index (χ2n) is 10.7. The number of anilines is 1. The van der Waals surface area contributed by atoms with Crippen LogP contribution < -0.4 is 10.6 Å². The number of amides is 2. The summed E-state index contributed by atoms with van der Waals surface area (Å²) in [7, 11) is -3.53. The Bertz CT molecular complexity index is 1670. The van der Waals surface area contributed by atoms with Gasteiger partial charge in [-0.05, 0) is 60.9 Å². The van der Waals surface area contributed by atoms with Crippen molar-refractivity contribution in [2.75, 3.05) is 38.0 Å². The molecule has 9 heteroatoms. The van der Waals surface area contributed by atoms with Crippen molar-refractivity contribution in [3.63, 3.8) is 0 Å². The maximum Gasteiger partial charge on any atom is 0.255 e. The number of nitrogens with zero attached hydrogens (tertiary/aromatic N) is 2. The van der Waals surface area contributed by atoms with Crippen molar-refractivity contribution in [2.24, 2.45) is 0 Å². The Kier molecular flexibility index (Phi) is 9.66. The number of nitrogens with one attached hydrogen (secondary N) is 2. The van der Waals surface area contributed by atoms with Gasteiger partial charge in [0.15, 0.2) is 0 Å². The summed E-state index contributed by atoms with van der Waals surface area (Å²) in [6.45, 7) is 5.00. The summed E-state index contributed by atoms with van der Waals surface area (Å²) in [5.74, 6) is -0.551. The van der Waals surface area contributed by atoms with Crippen LogP contribution in [0.5, 0.6) is 0 Å². The van der Waals surface area contributed by atoms with Crippen LogP contribution in [0.15, 0.2) is 108 Å². The van der Waals surface area contributed by atoms with Crippen LogP contribution in [0, 0.1) is 6.92 Å². The molecule has 222 valence electrons. The van der Waals surface area contributed by atoms with Gasteiger partial charge < -0.3 is 10.6 Å². The zero-order chi connectivity index (χ0) is 30.2. The standard InChI is InChI=1S/C34H36N4O4S/c1-26-14-16-30(17-15-26)43(41,42)38-22-20-37(21-23-38)25-28-10-7-11-29(24-28)33(39)36-32-13-6-5-12-31(32)34(40)35-19-18-27-8-3-2-4-9-27/h2-17,24H,18-23,25H2,1H3,(H,35,40)(H,36,39). The minimum absolute atomic E-state index is 0.246. The van der Waals surface area contributed by atoms with Crippen LogP contribution in [-0.4, -0.2) is 62.2 Å². The predicted octanol–water partition coefficient (Wildman–Crippen LogP) is 4.73. The average molecular weight is 597 g/mol. The van der Waals surface area contributed by atoms with Gasteiger partial charge in [-0.25, -0.2) is 8.42 Å². The Labute approximate surface area is 253 Å². The number of sulfonamides is 1. The molecule has 0 spiro atoms. The van der Waals surface area contributed by atoms with Crippen LogP contribution in [0.3, 0.4) is 0 Å². The molecular formula is C34H36N4O4S. The van der Waals surface area contributed by atoms with E-state index in [1.54, 1.807) is 42.5 Å². The highest BCUT2D eigenvalue weighted by Crippen LogP contribution is 2.20. The smallest absolute Gasteiger partial charge is 0.255 e. The molecule has 2 N–H and O–H groups in total. The molecule has 4 aromatic rings. The number of para-hydroxylation sites is 1. The van der Waals surface area contributed by atoms with Crippen LogP contribution >= 0.6 is 0 Å². The second kappa shape index (κ2) is 13.8. The quantitative estimate of drug-likeness (QED) is 0.276. The third-order valence-corrected chi connectivity index (χ3v) is 9.46. The van der Waals surface area contributed by atoms with E-state index in [4.69, 9.17) is 0 Å². The van der Waals surface area contributed by atoms with Gasteiger partial charge in [-0.1, -0.05) is 72.3 Å². The van der Waals surface area contributed by atoms with E-state index in [1.807, 2.05) is 67.6 Å². The van der Waals surface area contributed by atoms with Crippen molar-refractivity contribution in [3.8, 4) is 0 Å². The highest BCUT2D eigenvalue weighted by Gasteiger charge is 2.28. The molecule has 1 heterocycles. The van der Waals surface area contributed by atoms with Crippen molar-refractivity contribution in [1.82, 2.24) is 14.5 Å². The Hall–Kier alpha value is -4.31. The van der Waals surface area contributed by atoms with Crippen molar-refractivity contribution in [2.45, 2.75) is 24.8 Å². The number of piperazine rings is 1. The highest BCUT2D eigenvalue weighted by molar-refractivity contribution is 7.89. The Morgan fingerprint density at radius 1 is 0.744 bits per heavy atom. The molecule has 0 aromatic heterocycles. The number of carbonyl (C=O) groups excluding carboxylic acids is 2. The maximum atomic E-state index is 13.2. The number of benzene rings is 4. The van der Waals surface area contributed by atoms with Gasteiger partial charge in [0.05, 0.1) is 16.1 Å². The molecule has 43 heavy (non-hydrogen) atoms. The Morgan fingerprint density at radius 3 is 2.16 bits per heavy atom. The minimum atomic E-state index is -3.53. The molecule has 1 saturated heterocycles. The highest BCUT2D eigenvalue weighted by atomic mass is 32.2. The molecule has 0 aliphatic carbocycles. The van der Waals surface area contributed by atoms with E-state index in [2.05, 4.69) is 15.5 Å². The van der Waals surface area contributed by atoms with Gasteiger partial charge in [0.1, 0.15) is 0 Å². The number of rotatable bonds is 10. The molecule has 1 aliphatic rings.